The van der Waals surface area contributed by atoms with Crippen molar-refractivity contribution in [2.24, 2.45) is 0 Å². The molecule has 0 saturated carbocycles. The molecule has 2 heteroatoms. The van der Waals surface area contributed by atoms with Crippen LogP contribution in [0.25, 0.3) is 0 Å². The molecule has 0 fully saturated rings. The molecule has 1 aromatic rings. The molecule has 1 nitrogen and oxygen atoms in total. The second-order valence-corrected chi connectivity index (χ2v) is 5.16. The summed E-state index contributed by atoms with van der Waals surface area (Å²) in [5.74, 6) is 0. The number of allylic oxidation sites excluding steroid dienone is 1. The van der Waals surface area contributed by atoms with E-state index in [4.69, 9.17) is 0 Å². The summed E-state index contributed by atoms with van der Waals surface area (Å²) in [6.07, 6.45) is 3.34. The summed E-state index contributed by atoms with van der Waals surface area (Å²) in [6.45, 7) is 7.44. The zero-order chi connectivity index (χ0) is 12.0. The maximum absolute atomic E-state index is 3.51. The number of nitrogens with one attached hydrogen (secondary N) is 1. The third-order valence-corrected chi connectivity index (χ3v) is 2.84. The quantitative estimate of drug-likeness (QED) is 0.807. The van der Waals surface area contributed by atoms with Crippen LogP contribution in [-0.2, 0) is 6.42 Å². The van der Waals surface area contributed by atoms with E-state index < -0.39 is 0 Å². The fourth-order valence-electron chi connectivity index (χ4n) is 1.77. The van der Waals surface area contributed by atoms with Crippen LogP contribution in [0.3, 0.4) is 0 Å². The predicted octanol–water partition coefficient (Wildman–Crippen LogP) is 3.94. The standard InChI is InChI=1S/C14H20BrN/c1-4-16-14(8-11(2)3)10-12-6-5-7-13(15)9-12/h5-9,14,16H,4,10H2,1-3H3. The first-order chi connectivity index (χ1) is 7.61. The zero-order valence-corrected chi connectivity index (χ0v) is 11.8. The van der Waals surface area contributed by atoms with Crippen molar-refractivity contribution < 1.29 is 0 Å². The summed E-state index contributed by atoms with van der Waals surface area (Å²) < 4.78 is 1.15. The monoisotopic (exact) mass is 281 g/mol. The van der Waals surface area contributed by atoms with Gasteiger partial charge in [-0.05, 0) is 44.5 Å². The van der Waals surface area contributed by atoms with Gasteiger partial charge in [-0.25, -0.2) is 0 Å². The van der Waals surface area contributed by atoms with Gasteiger partial charge in [-0.1, -0.05) is 46.6 Å². The fourth-order valence-corrected chi connectivity index (χ4v) is 2.22. The lowest BCUT2D eigenvalue weighted by atomic mass is 10.0. The summed E-state index contributed by atoms with van der Waals surface area (Å²) in [4.78, 5) is 0. The van der Waals surface area contributed by atoms with Gasteiger partial charge in [0.25, 0.3) is 0 Å². The highest BCUT2D eigenvalue weighted by atomic mass is 79.9. The van der Waals surface area contributed by atoms with E-state index in [1.807, 2.05) is 0 Å². The maximum atomic E-state index is 3.51. The summed E-state index contributed by atoms with van der Waals surface area (Å²) in [6, 6.07) is 8.94. The minimum absolute atomic E-state index is 0.435. The van der Waals surface area contributed by atoms with E-state index in [0.717, 1.165) is 17.4 Å². The Balaban J connectivity index is 2.71. The van der Waals surface area contributed by atoms with Crippen molar-refractivity contribution in [1.82, 2.24) is 5.32 Å². The molecule has 0 heterocycles. The lowest BCUT2D eigenvalue weighted by molar-refractivity contribution is 0.609. The van der Waals surface area contributed by atoms with E-state index in [2.05, 4.69) is 72.4 Å². The molecular weight excluding hydrogens is 262 g/mol. The molecule has 16 heavy (non-hydrogen) atoms. The Morgan fingerprint density at radius 1 is 1.44 bits per heavy atom. The average Bonchev–Trinajstić information content (AvgIpc) is 2.16. The van der Waals surface area contributed by atoms with Crippen LogP contribution in [-0.4, -0.2) is 12.6 Å². The SMILES string of the molecule is CCNC(C=C(C)C)Cc1cccc(Br)c1. The van der Waals surface area contributed by atoms with Crippen LogP contribution in [0.15, 0.2) is 40.4 Å². The summed E-state index contributed by atoms with van der Waals surface area (Å²) in [5.41, 5.74) is 2.72. The number of halogens is 1. The van der Waals surface area contributed by atoms with Crippen LogP contribution in [0.4, 0.5) is 0 Å². The number of rotatable bonds is 5. The summed E-state index contributed by atoms with van der Waals surface area (Å²) in [7, 11) is 0. The number of likely N-dealkylation sites (N-methyl/N-ethyl adjacent to an activating group) is 1. The Kier molecular flexibility index (Phi) is 5.78. The minimum Gasteiger partial charge on any atom is -0.310 e. The largest absolute Gasteiger partial charge is 0.310 e. The molecule has 1 N–H and O–H groups in total. The predicted molar refractivity (Wildman–Crippen MR) is 74.7 cm³/mol. The molecule has 1 aromatic carbocycles. The van der Waals surface area contributed by atoms with Crippen molar-refractivity contribution in [3.63, 3.8) is 0 Å². The van der Waals surface area contributed by atoms with Gasteiger partial charge in [0.1, 0.15) is 0 Å². The van der Waals surface area contributed by atoms with Gasteiger partial charge in [0.15, 0.2) is 0 Å². The van der Waals surface area contributed by atoms with Gasteiger partial charge < -0.3 is 5.32 Å². The maximum Gasteiger partial charge on any atom is 0.0292 e. The van der Waals surface area contributed by atoms with E-state index in [1.54, 1.807) is 0 Å². The highest BCUT2D eigenvalue weighted by Crippen LogP contribution is 2.13. The average molecular weight is 282 g/mol. The molecule has 1 unspecified atom stereocenters. The molecule has 1 rings (SSSR count). The van der Waals surface area contributed by atoms with E-state index in [0.29, 0.717) is 6.04 Å². The minimum atomic E-state index is 0.435. The first-order valence-corrected chi connectivity index (χ1v) is 6.54. The highest BCUT2D eigenvalue weighted by molar-refractivity contribution is 9.10. The smallest absolute Gasteiger partial charge is 0.0292 e. The molecular formula is C14H20BrN. The van der Waals surface area contributed by atoms with E-state index >= 15 is 0 Å². The first kappa shape index (κ1) is 13.5. The fraction of sp³-hybridized carbons (Fsp3) is 0.429. The second-order valence-electron chi connectivity index (χ2n) is 4.24. The molecule has 0 aliphatic carbocycles. The van der Waals surface area contributed by atoms with Crippen LogP contribution in [0.1, 0.15) is 26.3 Å². The Bertz CT molecular complexity index is 354. The Morgan fingerprint density at radius 3 is 2.75 bits per heavy atom. The van der Waals surface area contributed by atoms with Gasteiger partial charge in [0, 0.05) is 10.5 Å². The first-order valence-electron chi connectivity index (χ1n) is 5.74. The van der Waals surface area contributed by atoms with Crippen LogP contribution in [0, 0.1) is 0 Å². The van der Waals surface area contributed by atoms with Crippen molar-refractivity contribution in [3.8, 4) is 0 Å². The Morgan fingerprint density at radius 2 is 2.19 bits per heavy atom. The third kappa shape index (κ3) is 4.95. The molecule has 0 aliphatic rings. The van der Waals surface area contributed by atoms with Crippen LogP contribution >= 0.6 is 15.9 Å². The van der Waals surface area contributed by atoms with E-state index in [1.165, 1.54) is 11.1 Å². The van der Waals surface area contributed by atoms with Crippen molar-refractivity contribution in [2.75, 3.05) is 6.54 Å². The number of hydrogen-bond acceptors (Lipinski definition) is 1. The molecule has 0 spiro atoms. The Hall–Kier alpha value is -0.600. The van der Waals surface area contributed by atoms with Crippen molar-refractivity contribution in [1.29, 1.82) is 0 Å². The van der Waals surface area contributed by atoms with Crippen molar-refractivity contribution >= 4 is 15.9 Å². The molecule has 0 aliphatic heterocycles. The molecule has 88 valence electrons. The molecule has 0 aromatic heterocycles. The van der Waals surface area contributed by atoms with Crippen molar-refractivity contribution in [2.45, 2.75) is 33.2 Å². The van der Waals surface area contributed by atoms with Gasteiger partial charge in [0.2, 0.25) is 0 Å². The molecule has 1 atom stereocenters. The summed E-state index contributed by atoms with van der Waals surface area (Å²) >= 11 is 3.51. The van der Waals surface area contributed by atoms with E-state index in [9.17, 15) is 0 Å². The van der Waals surface area contributed by atoms with Gasteiger partial charge >= 0.3 is 0 Å². The van der Waals surface area contributed by atoms with Gasteiger partial charge in [-0.15, -0.1) is 0 Å². The molecule has 0 saturated heterocycles. The van der Waals surface area contributed by atoms with Gasteiger partial charge in [-0.3, -0.25) is 0 Å². The zero-order valence-electron chi connectivity index (χ0n) is 10.3. The van der Waals surface area contributed by atoms with Crippen molar-refractivity contribution in [3.05, 3.63) is 46.0 Å². The van der Waals surface area contributed by atoms with E-state index in [-0.39, 0.29) is 0 Å². The molecule has 0 amide bonds. The number of benzene rings is 1. The Labute approximate surface area is 107 Å². The lowest BCUT2D eigenvalue weighted by Gasteiger charge is -2.14. The lowest BCUT2D eigenvalue weighted by Crippen LogP contribution is -2.29. The van der Waals surface area contributed by atoms with Crippen LogP contribution < -0.4 is 5.32 Å². The van der Waals surface area contributed by atoms with Crippen LogP contribution in [0.5, 0.6) is 0 Å². The highest BCUT2D eigenvalue weighted by Gasteiger charge is 2.05. The third-order valence-electron chi connectivity index (χ3n) is 2.35. The second kappa shape index (κ2) is 6.87. The number of hydrogen-bond donors (Lipinski definition) is 1. The normalized spacial score (nSPS) is 12.2. The topological polar surface area (TPSA) is 12.0 Å². The summed E-state index contributed by atoms with van der Waals surface area (Å²) in [5, 5.41) is 3.49. The molecule has 0 bridgehead atoms. The molecule has 0 radical (unpaired) electrons. The van der Waals surface area contributed by atoms with Gasteiger partial charge in [-0.2, -0.15) is 0 Å². The van der Waals surface area contributed by atoms with Crippen LogP contribution in [0.2, 0.25) is 0 Å². The van der Waals surface area contributed by atoms with Gasteiger partial charge in [0.05, 0.1) is 0 Å².